The fourth-order valence-corrected chi connectivity index (χ4v) is 13.0. The van der Waals surface area contributed by atoms with E-state index >= 15 is 4.32 Å². The summed E-state index contributed by atoms with van der Waals surface area (Å²) in [7, 11) is -4.46. The van der Waals surface area contributed by atoms with Gasteiger partial charge < -0.3 is 4.14 Å². The first-order chi connectivity index (χ1) is 8.40. The van der Waals surface area contributed by atoms with Crippen molar-refractivity contribution in [3.05, 3.63) is 0 Å². The number of nitrogens with zero attached hydrogens (tertiary/aromatic N) is 2. The molecule has 0 aromatic carbocycles. The first kappa shape index (κ1) is 20.3. The lowest BCUT2D eigenvalue weighted by Crippen LogP contribution is -2.73. The molecule has 0 aromatic heterocycles. The number of hydrogen-bond acceptors (Lipinski definition) is 2. The van der Waals surface area contributed by atoms with E-state index in [1.807, 2.05) is 4.81 Å². The molecule has 0 spiro atoms. The minimum Gasteiger partial charge on any atom is -0.343 e. The highest BCUT2D eigenvalue weighted by Gasteiger charge is 2.51. The molecule has 0 aliphatic heterocycles. The van der Waals surface area contributed by atoms with E-state index in [4.69, 9.17) is 0 Å². The third kappa shape index (κ3) is 5.28. The third-order valence-corrected chi connectivity index (χ3v) is 10.7. The van der Waals surface area contributed by atoms with Gasteiger partial charge in [0.15, 0.2) is 0 Å². The van der Waals surface area contributed by atoms with Crippen molar-refractivity contribution in [2.75, 3.05) is 0 Å². The first-order valence-electron chi connectivity index (χ1n) is 7.63. The van der Waals surface area contributed by atoms with E-state index in [9.17, 15) is 0 Å². The quantitative estimate of drug-likeness (QED) is 0.686. The number of rotatable bonds is 4. The Morgan fingerprint density at radius 1 is 0.700 bits per heavy atom. The van der Waals surface area contributed by atoms with Gasteiger partial charge in [0.1, 0.15) is 16.5 Å². The molecule has 0 amide bonds. The Morgan fingerprint density at radius 3 is 1.10 bits per heavy atom. The van der Waals surface area contributed by atoms with Crippen LogP contribution >= 0.6 is 0 Å². The standard InChI is InChI=1S/C14H36BFN2Si2/c1-13(2,3)17(14(4,5)6)15(16)18(19(7,8)9)20(10,11)12/h1-12H3. The minimum absolute atomic E-state index is 0.199. The molecule has 0 rings (SSSR count). The SMILES string of the molecule is CC(C)(C)N(B(F)N([Si](C)(C)C)[Si](C)(C)C)C(C)(C)C. The smallest absolute Gasteiger partial charge is 0.343 e. The first-order valence-corrected chi connectivity index (χ1v) is 14.5. The lowest BCUT2D eigenvalue weighted by molar-refractivity contribution is 0.115. The molecule has 0 saturated heterocycles. The number of halogens is 1. The predicted molar refractivity (Wildman–Crippen MR) is 96.7 cm³/mol. The highest BCUT2D eigenvalue weighted by Crippen LogP contribution is 2.32. The van der Waals surface area contributed by atoms with Crippen LogP contribution in [0.2, 0.25) is 39.3 Å². The fourth-order valence-electron chi connectivity index (χ4n) is 3.41. The highest BCUT2D eigenvalue weighted by molar-refractivity contribution is 6.97. The van der Waals surface area contributed by atoms with E-state index in [0.29, 0.717) is 0 Å². The van der Waals surface area contributed by atoms with Crippen molar-refractivity contribution in [2.45, 2.75) is 91.9 Å². The molecular weight excluding hydrogens is 282 g/mol. The summed E-state index contributed by atoms with van der Waals surface area (Å²) >= 11 is 0. The van der Waals surface area contributed by atoms with Crippen molar-refractivity contribution in [2.24, 2.45) is 0 Å². The van der Waals surface area contributed by atoms with E-state index in [1.165, 1.54) is 0 Å². The molecule has 0 unspecified atom stereocenters. The van der Waals surface area contributed by atoms with E-state index in [2.05, 4.69) is 85.0 Å². The average Bonchev–Trinajstić information content (AvgIpc) is 1.88. The zero-order valence-electron chi connectivity index (χ0n) is 15.8. The van der Waals surface area contributed by atoms with Crippen LogP contribution in [-0.2, 0) is 0 Å². The Bertz CT molecular complexity index is 264. The van der Waals surface area contributed by atoms with Gasteiger partial charge in [-0.15, -0.1) is 0 Å². The van der Waals surface area contributed by atoms with Gasteiger partial charge in [0.25, 0.3) is 0 Å². The van der Waals surface area contributed by atoms with Crippen LogP contribution in [0.1, 0.15) is 41.5 Å². The van der Waals surface area contributed by atoms with E-state index in [1.54, 1.807) is 0 Å². The Morgan fingerprint density at radius 2 is 0.950 bits per heavy atom. The van der Waals surface area contributed by atoms with Crippen molar-refractivity contribution in [1.29, 1.82) is 0 Å². The van der Waals surface area contributed by atoms with Crippen LogP contribution in [0.4, 0.5) is 4.32 Å². The average molecular weight is 318 g/mol. The summed E-state index contributed by atoms with van der Waals surface area (Å²) in [6.45, 7) is 26.2. The summed E-state index contributed by atoms with van der Waals surface area (Å²) in [6, 6.07) is 0. The van der Waals surface area contributed by atoms with Gasteiger partial charge in [0.2, 0.25) is 0 Å². The lowest BCUT2D eigenvalue weighted by atomic mass is 9.84. The zero-order chi connectivity index (χ0) is 16.7. The summed E-state index contributed by atoms with van der Waals surface area (Å²) in [5.41, 5.74) is -0.398. The van der Waals surface area contributed by atoms with Crippen molar-refractivity contribution >= 4 is 23.7 Å². The Balaban J connectivity index is 5.81. The van der Waals surface area contributed by atoms with Crippen LogP contribution in [0.3, 0.4) is 0 Å². The molecule has 6 heteroatoms. The molecule has 0 atom stereocenters. The third-order valence-electron chi connectivity index (χ3n) is 3.32. The topological polar surface area (TPSA) is 6.48 Å². The van der Waals surface area contributed by atoms with Crippen LogP contribution in [0.5, 0.6) is 0 Å². The molecule has 0 saturated carbocycles. The van der Waals surface area contributed by atoms with Crippen molar-refractivity contribution in [1.82, 2.24) is 8.95 Å². The summed E-state index contributed by atoms with van der Waals surface area (Å²) < 4.78 is 17.9. The highest BCUT2D eigenvalue weighted by atomic mass is 28.4. The van der Waals surface area contributed by atoms with Gasteiger partial charge in [-0.25, -0.2) is 0 Å². The van der Waals surface area contributed by atoms with Crippen molar-refractivity contribution in [3.8, 4) is 0 Å². The maximum atomic E-state index is 15.6. The molecule has 20 heavy (non-hydrogen) atoms. The summed E-state index contributed by atoms with van der Waals surface area (Å²) in [5, 5.41) is 0. The molecular formula is C14H36BFN2Si2. The van der Waals surface area contributed by atoms with Crippen molar-refractivity contribution in [3.63, 3.8) is 0 Å². The lowest BCUT2D eigenvalue weighted by Gasteiger charge is -2.53. The minimum atomic E-state index is -1.73. The van der Waals surface area contributed by atoms with Gasteiger partial charge in [-0.3, -0.25) is 9.13 Å². The molecule has 0 aromatic rings. The Kier molecular flexibility index (Phi) is 5.96. The second kappa shape index (κ2) is 5.86. The van der Waals surface area contributed by atoms with Crippen LogP contribution < -0.4 is 0 Å². The molecule has 2 nitrogen and oxygen atoms in total. The van der Waals surface area contributed by atoms with Crippen molar-refractivity contribution < 1.29 is 4.32 Å². The summed E-state index contributed by atoms with van der Waals surface area (Å²) in [6.07, 6.45) is 0. The monoisotopic (exact) mass is 318 g/mol. The largest absolute Gasteiger partial charge is 0.508 e. The van der Waals surface area contributed by atoms with E-state index in [-0.39, 0.29) is 11.1 Å². The molecule has 0 bridgehead atoms. The van der Waals surface area contributed by atoms with Crippen LogP contribution in [-0.4, -0.2) is 43.8 Å². The van der Waals surface area contributed by atoms with E-state index < -0.39 is 23.7 Å². The predicted octanol–water partition coefficient (Wildman–Crippen LogP) is 4.81. The normalized spacial score (nSPS) is 15.2. The van der Waals surface area contributed by atoms with Gasteiger partial charge in [-0.05, 0) is 41.5 Å². The van der Waals surface area contributed by atoms with Crippen LogP contribution in [0.15, 0.2) is 0 Å². The van der Waals surface area contributed by atoms with Gasteiger partial charge in [0.05, 0.1) is 0 Å². The molecule has 0 aliphatic carbocycles. The van der Waals surface area contributed by atoms with Gasteiger partial charge >= 0.3 is 7.26 Å². The molecule has 0 aliphatic rings. The molecule has 120 valence electrons. The molecule has 0 heterocycles. The Hall–Kier alpha value is 0.349. The van der Waals surface area contributed by atoms with Gasteiger partial charge in [-0.2, -0.15) is 0 Å². The maximum absolute atomic E-state index is 15.6. The Labute approximate surface area is 129 Å². The summed E-state index contributed by atoms with van der Waals surface area (Å²) in [5.74, 6) is 0. The molecule has 0 N–H and O–H groups in total. The van der Waals surface area contributed by atoms with Gasteiger partial charge in [0, 0.05) is 11.1 Å². The van der Waals surface area contributed by atoms with Gasteiger partial charge in [-0.1, -0.05) is 39.3 Å². The molecule has 0 fully saturated rings. The van der Waals surface area contributed by atoms with E-state index in [0.717, 1.165) is 0 Å². The zero-order valence-corrected chi connectivity index (χ0v) is 17.8. The second-order valence-electron chi connectivity index (χ2n) is 9.73. The maximum Gasteiger partial charge on any atom is 0.508 e. The number of hydrogen-bond donors (Lipinski definition) is 0. The fraction of sp³-hybridized carbons (Fsp3) is 1.00. The summed E-state index contributed by atoms with van der Waals surface area (Å²) in [4.78, 5) is 2.04. The second-order valence-corrected chi connectivity index (χ2v) is 19.8. The van der Waals surface area contributed by atoms with Crippen LogP contribution in [0.25, 0.3) is 0 Å². The molecule has 0 radical (unpaired) electrons. The van der Waals surface area contributed by atoms with Crippen LogP contribution in [0, 0.1) is 0 Å².